The van der Waals surface area contributed by atoms with E-state index in [4.69, 9.17) is 4.74 Å². The van der Waals surface area contributed by atoms with E-state index in [0.717, 1.165) is 18.2 Å². The van der Waals surface area contributed by atoms with E-state index >= 15 is 0 Å². The fourth-order valence-electron chi connectivity index (χ4n) is 2.78. The van der Waals surface area contributed by atoms with Crippen LogP contribution in [0.1, 0.15) is 52.9 Å². The van der Waals surface area contributed by atoms with Gasteiger partial charge in [-0.05, 0) is 39.0 Å². The zero-order valence-electron chi connectivity index (χ0n) is 13.0. The number of carboxylic acids is 1. The molecule has 1 aliphatic carbocycles. The summed E-state index contributed by atoms with van der Waals surface area (Å²) >= 11 is 3.48. The SMILES string of the molecule is CC(C)(C)OC(=O)N[C@@H](CC(CBr)C1CCCC1)C(=O)O. The van der Waals surface area contributed by atoms with Gasteiger partial charge in [-0.25, -0.2) is 9.59 Å². The van der Waals surface area contributed by atoms with Gasteiger partial charge in [0.05, 0.1) is 0 Å². The smallest absolute Gasteiger partial charge is 0.408 e. The van der Waals surface area contributed by atoms with Gasteiger partial charge in [0, 0.05) is 5.33 Å². The molecule has 2 atom stereocenters. The van der Waals surface area contributed by atoms with E-state index in [-0.39, 0.29) is 5.92 Å². The maximum Gasteiger partial charge on any atom is 0.408 e. The Morgan fingerprint density at radius 2 is 1.90 bits per heavy atom. The molecule has 0 aliphatic heterocycles. The molecule has 0 saturated heterocycles. The highest BCUT2D eigenvalue weighted by atomic mass is 79.9. The second-order valence-electron chi connectivity index (χ2n) is 6.73. The van der Waals surface area contributed by atoms with Gasteiger partial charge < -0.3 is 15.2 Å². The topological polar surface area (TPSA) is 75.6 Å². The summed E-state index contributed by atoms with van der Waals surface area (Å²) in [6.45, 7) is 5.26. The van der Waals surface area contributed by atoms with Crippen LogP contribution in [0.2, 0.25) is 0 Å². The van der Waals surface area contributed by atoms with Crippen molar-refractivity contribution in [3.8, 4) is 0 Å². The predicted molar refractivity (Wildman–Crippen MR) is 84.7 cm³/mol. The molecule has 6 heteroatoms. The maximum atomic E-state index is 11.8. The standard InChI is InChI=1S/C15H26BrNO4/c1-15(2,3)21-14(20)17-12(13(18)19)8-11(9-16)10-6-4-5-7-10/h10-12H,4-9H2,1-3H3,(H,17,20)(H,18,19)/t11?,12-/m0/s1. The molecular weight excluding hydrogens is 338 g/mol. The van der Waals surface area contributed by atoms with Gasteiger partial charge in [-0.3, -0.25) is 0 Å². The second-order valence-corrected chi connectivity index (χ2v) is 7.38. The minimum absolute atomic E-state index is 0.267. The highest BCUT2D eigenvalue weighted by molar-refractivity contribution is 9.09. The molecular formula is C15H26BrNO4. The fourth-order valence-corrected chi connectivity index (χ4v) is 3.58. The Hall–Kier alpha value is -0.780. The maximum absolute atomic E-state index is 11.8. The molecule has 1 fully saturated rings. The van der Waals surface area contributed by atoms with Crippen molar-refractivity contribution in [3.63, 3.8) is 0 Å². The number of halogens is 1. The lowest BCUT2D eigenvalue weighted by atomic mass is 9.87. The molecule has 1 rings (SSSR count). The first kappa shape index (κ1) is 18.3. The molecule has 1 saturated carbocycles. The number of amides is 1. The molecule has 122 valence electrons. The van der Waals surface area contributed by atoms with E-state index in [1.807, 2.05) is 0 Å². The number of aliphatic carboxylic acids is 1. The number of carbonyl (C=O) groups is 2. The van der Waals surface area contributed by atoms with Crippen LogP contribution >= 0.6 is 15.9 Å². The van der Waals surface area contributed by atoms with Crippen LogP contribution in [0.15, 0.2) is 0 Å². The van der Waals surface area contributed by atoms with Crippen molar-refractivity contribution in [1.82, 2.24) is 5.32 Å². The molecule has 21 heavy (non-hydrogen) atoms. The fraction of sp³-hybridized carbons (Fsp3) is 0.867. The summed E-state index contributed by atoms with van der Waals surface area (Å²) in [6, 6.07) is -0.900. The first-order valence-electron chi connectivity index (χ1n) is 7.51. The van der Waals surface area contributed by atoms with Crippen LogP contribution in [0.3, 0.4) is 0 Å². The van der Waals surface area contributed by atoms with Gasteiger partial charge in [0.25, 0.3) is 0 Å². The summed E-state index contributed by atoms with van der Waals surface area (Å²) in [6.07, 6.45) is 4.49. The molecule has 0 aromatic heterocycles. The lowest BCUT2D eigenvalue weighted by molar-refractivity contribution is -0.140. The van der Waals surface area contributed by atoms with Gasteiger partial charge in [0.1, 0.15) is 11.6 Å². The number of ether oxygens (including phenoxy) is 1. The Morgan fingerprint density at radius 3 is 2.33 bits per heavy atom. The van der Waals surface area contributed by atoms with Crippen molar-refractivity contribution >= 4 is 28.0 Å². The summed E-state index contributed by atoms with van der Waals surface area (Å²) in [5.41, 5.74) is -0.632. The summed E-state index contributed by atoms with van der Waals surface area (Å²) in [4.78, 5) is 23.1. The highest BCUT2D eigenvalue weighted by Crippen LogP contribution is 2.34. The number of alkyl carbamates (subject to hydrolysis) is 1. The summed E-state index contributed by atoms with van der Waals surface area (Å²) < 4.78 is 5.13. The number of hydrogen-bond donors (Lipinski definition) is 2. The average molecular weight is 364 g/mol. The molecule has 0 aromatic carbocycles. The van der Waals surface area contributed by atoms with Crippen LogP contribution in [0.4, 0.5) is 4.79 Å². The lowest BCUT2D eigenvalue weighted by Gasteiger charge is -2.26. The molecule has 0 heterocycles. The van der Waals surface area contributed by atoms with Crippen molar-refractivity contribution in [2.24, 2.45) is 11.8 Å². The molecule has 1 aliphatic rings. The van der Waals surface area contributed by atoms with E-state index in [0.29, 0.717) is 12.3 Å². The molecule has 0 bridgehead atoms. The van der Waals surface area contributed by atoms with Gasteiger partial charge in [-0.1, -0.05) is 41.6 Å². The molecule has 0 aromatic rings. The Morgan fingerprint density at radius 1 is 1.33 bits per heavy atom. The first-order valence-corrected chi connectivity index (χ1v) is 8.63. The van der Waals surface area contributed by atoms with Gasteiger partial charge in [0.15, 0.2) is 0 Å². The Kier molecular flexibility index (Phi) is 6.97. The normalized spacial score (nSPS) is 19.0. The molecule has 1 amide bonds. The molecule has 1 unspecified atom stereocenters. The summed E-state index contributed by atoms with van der Waals surface area (Å²) in [5.74, 6) is -0.194. The van der Waals surface area contributed by atoms with Crippen LogP contribution in [0.25, 0.3) is 0 Å². The third-order valence-corrected chi connectivity index (χ3v) is 4.62. The molecule has 0 radical (unpaired) electrons. The Balaban J connectivity index is 2.59. The van der Waals surface area contributed by atoms with Crippen LogP contribution < -0.4 is 5.32 Å². The third kappa shape index (κ3) is 6.68. The van der Waals surface area contributed by atoms with E-state index in [2.05, 4.69) is 21.2 Å². The molecule has 0 spiro atoms. The van der Waals surface area contributed by atoms with Crippen LogP contribution in [0.5, 0.6) is 0 Å². The van der Waals surface area contributed by atoms with Crippen LogP contribution in [-0.4, -0.2) is 34.1 Å². The van der Waals surface area contributed by atoms with E-state index in [1.165, 1.54) is 12.8 Å². The average Bonchev–Trinajstić information content (AvgIpc) is 2.85. The lowest BCUT2D eigenvalue weighted by Crippen LogP contribution is -2.45. The van der Waals surface area contributed by atoms with Crippen molar-refractivity contribution < 1.29 is 19.4 Å². The van der Waals surface area contributed by atoms with Gasteiger partial charge in [0.2, 0.25) is 0 Å². The largest absolute Gasteiger partial charge is 0.480 e. The number of nitrogens with one attached hydrogen (secondary N) is 1. The van der Waals surface area contributed by atoms with Gasteiger partial charge >= 0.3 is 12.1 Å². The third-order valence-electron chi connectivity index (χ3n) is 3.79. The van der Waals surface area contributed by atoms with E-state index < -0.39 is 23.7 Å². The van der Waals surface area contributed by atoms with E-state index in [9.17, 15) is 14.7 Å². The summed E-state index contributed by atoms with van der Waals surface area (Å²) in [7, 11) is 0. The Labute approximate surface area is 134 Å². The minimum Gasteiger partial charge on any atom is -0.480 e. The van der Waals surface area contributed by atoms with Crippen molar-refractivity contribution in [2.75, 3.05) is 5.33 Å². The second kappa shape index (κ2) is 8.01. The number of alkyl halides is 1. The zero-order valence-corrected chi connectivity index (χ0v) is 14.6. The van der Waals surface area contributed by atoms with Crippen LogP contribution in [-0.2, 0) is 9.53 Å². The number of carbonyl (C=O) groups excluding carboxylic acids is 1. The number of hydrogen-bond acceptors (Lipinski definition) is 3. The van der Waals surface area contributed by atoms with Gasteiger partial charge in [-0.2, -0.15) is 0 Å². The van der Waals surface area contributed by atoms with Crippen molar-refractivity contribution in [1.29, 1.82) is 0 Å². The van der Waals surface area contributed by atoms with Crippen LogP contribution in [0, 0.1) is 11.8 Å². The molecule has 5 nitrogen and oxygen atoms in total. The van der Waals surface area contributed by atoms with Gasteiger partial charge in [-0.15, -0.1) is 0 Å². The number of rotatable bonds is 6. The van der Waals surface area contributed by atoms with Crippen molar-refractivity contribution in [2.45, 2.75) is 64.5 Å². The predicted octanol–water partition coefficient (Wildman–Crippen LogP) is 3.56. The molecule has 2 N–H and O–H groups in total. The quantitative estimate of drug-likeness (QED) is 0.707. The first-order chi connectivity index (χ1) is 9.73. The van der Waals surface area contributed by atoms with E-state index in [1.54, 1.807) is 20.8 Å². The summed E-state index contributed by atoms with van der Waals surface area (Å²) in [5, 5.41) is 12.6. The monoisotopic (exact) mass is 363 g/mol. The highest BCUT2D eigenvalue weighted by Gasteiger charge is 2.31. The minimum atomic E-state index is -1.01. The zero-order chi connectivity index (χ0) is 16.0. The number of carboxylic acid groups (broad SMARTS) is 1. The Bertz CT molecular complexity index is 361. The van der Waals surface area contributed by atoms with Crippen molar-refractivity contribution in [3.05, 3.63) is 0 Å².